The molecule has 3 rings (SSSR count). The van der Waals surface area contributed by atoms with Crippen LogP contribution < -0.4 is 5.32 Å². The van der Waals surface area contributed by atoms with Gasteiger partial charge in [-0.1, -0.05) is 24.3 Å². The topological polar surface area (TPSA) is 29.9 Å². The van der Waals surface area contributed by atoms with Gasteiger partial charge in [-0.2, -0.15) is 5.10 Å². The van der Waals surface area contributed by atoms with Crippen LogP contribution in [0.4, 0.5) is 0 Å². The van der Waals surface area contributed by atoms with E-state index in [2.05, 4.69) is 40.9 Å². The molecule has 2 aromatic rings. The number of benzene rings is 1. The van der Waals surface area contributed by atoms with Crippen molar-refractivity contribution in [1.29, 1.82) is 0 Å². The van der Waals surface area contributed by atoms with Crippen molar-refractivity contribution in [3.63, 3.8) is 0 Å². The number of rotatable bonds is 4. The van der Waals surface area contributed by atoms with Crippen molar-refractivity contribution in [2.24, 2.45) is 7.05 Å². The fraction of sp³-hybridized carbons (Fsp3) is 0.471. The highest BCUT2D eigenvalue weighted by Gasteiger charge is 2.23. The molecule has 0 bridgehead atoms. The Hall–Kier alpha value is -1.61. The van der Waals surface area contributed by atoms with Crippen molar-refractivity contribution in [3.8, 4) is 0 Å². The maximum Gasteiger partial charge on any atom is 0.0537 e. The Morgan fingerprint density at radius 1 is 1.40 bits per heavy atom. The Kier molecular flexibility index (Phi) is 3.88. The molecule has 3 heteroatoms. The number of aromatic nitrogens is 2. The molecule has 1 heterocycles. The lowest BCUT2D eigenvalue weighted by molar-refractivity contribution is 0.439. The minimum Gasteiger partial charge on any atom is -0.313 e. The molecule has 1 aromatic carbocycles. The summed E-state index contributed by atoms with van der Waals surface area (Å²) in [4.78, 5) is 0. The molecule has 0 spiro atoms. The molecule has 1 N–H and O–H groups in total. The van der Waals surface area contributed by atoms with Crippen molar-refractivity contribution in [3.05, 3.63) is 53.3 Å². The largest absolute Gasteiger partial charge is 0.313 e. The van der Waals surface area contributed by atoms with Crippen molar-refractivity contribution >= 4 is 0 Å². The third kappa shape index (κ3) is 2.63. The Morgan fingerprint density at radius 2 is 2.25 bits per heavy atom. The number of hydrogen-bond donors (Lipinski definition) is 1. The monoisotopic (exact) mass is 269 g/mol. The standard InChI is InChI=1S/C17H23N3/c1-18-17(15-11-19-20(2)12-15)10-14-8-5-7-13-6-3-4-9-16(13)14/h3-4,6,9,11-12,14,17-18H,5,7-8,10H2,1-2H3. The highest BCUT2D eigenvalue weighted by atomic mass is 15.2. The summed E-state index contributed by atoms with van der Waals surface area (Å²) in [6, 6.07) is 9.34. The Morgan fingerprint density at radius 3 is 3.00 bits per heavy atom. The van der Waals surface area contributed by atoms with E-state index in [-0.39, 0.29) is 0 Å². The van der Waals surface area contributed by atoms with Crippen LogP contribution in [0.2, 0.25) is 0 Å². The maximum absolute atomic E-state index is 4.30. The first-order valence-electron chi connectivity index (χ1n) is 7.51. The second-order valence-electron chi connectivity index (χ2n) is 5.81. The predicted molar refractivity (Wildman–Crippen MR) is 81.7 cm³/mol. The van der Waals surface area contributed by atoms with Gasteiger partial charge in [0.2, 0.25) is 0 Å². The average molecular weight is 269 g/mol. The smallest absolute Gasteiger partial charge is 0.0537 e. The van der Waals surface area contributed by atoms with Crippen molar-refractivity contribution in [2.45, 2.75) is 37.6 Å². The average Bonchev–Trinajstić information content (AvgIpc) is 2.91. The van der Waals surface area contributed by atoms with Gasteiger partial charge >= 0.3 is 0 Å². The van der Waals surface area contributed by atoms with Gasteiger partial charge in [0.15, 0.2) is 0 Å². The fourth-order valence-electron chi connectivity index (χ4n) is 3.42. The second-order valence-corrected chi connectivity index (χ2v) is 5.81. The van der Waals surface area contributed by atoms with E-state index in [1.165, 1.54) is 24.8 Å². The van der Waals surface area contributed by atoms with Crippen LogP contribution in [0.3, 0.4) is 0 Å². The molecule has 20 heavy (non-hydrogen) atoms. The quantitative estimate of drug-likeness (QED) is 0.924. The minimum absolute atomic E-state index is 0.389. The third-order valence-corrected chi connectivity index (χ3v) is 4.49. The highest BCUT2D eigenvalue weighted by Crippen LogP contribution is 2.37. The van der Waals surface area contributed by atoms with Crippen LogP contribution in [0.15, 0.2) is 36.7 Å². The summed E-state index contributed by atoms with van der Waals surface area (Å²) in [5, 5.41) is 7.76. The molecule has 0 amide bonds. The van der Waals surface area contributed by atoms with Crippen LogP contribution in [0.1, 0.15) is 47.9 Å². The summed E-state index contributed by atoms with van der Waals surface area (Å²) < 4.78 is 1.88. The van der Waals surface area contributed by atoms with Crippen LogP contribution >= 0.6 is 0 Å². The molecule has 1 aliphatic rings. The van der Waals surface area contributed by atoms with Gasteiger partial charge in [0, 0.05) is 24.8 Å². The second kappa shape index (κ2) is 5.80. The number of nitrogens with zero attached hydrogens (tertiary/aromatic N) is 2. The van der Waals surface area contributed by atoms with Crippen molar-refractivity contribution in [1.82, 2.24) is 15.1 Å². The van der Waals surface area contributed by atoms with Gasteiger partial charge < -0.3 is 5.32 Å². The Labute approximate surface area is 121 Å². The highest BCUT2D eigenvalue weighted by molar-refractivity contribution is 5.33. The first kappa shape index (κ1) is 13.4. The van der Waals surface area contributed by atoms with Gasteiger partial charge in [-0.15, -0.1) is 0 Å². The van der Waals surface area contributed by atoms with Gasteiger partial charge in [-0.25, -0.2) is 0 Å². The van der Waals surface area contributed by atoms with Crippen LogP contribution in [-0.4, -0.2) is 16.8 Å². The molecule has 0 aliphatic heterocycles. The van der Waals surface area contributed by atoms with E-state index < -0.39 is 0 Å². The molecule has 0 saturated heterocycles. The minimum atomic E-state index is 0.389. The molecular weight excluding hydrogens is 246 g/mol. The van der Waals surface area contributed by atoms with E-state index in [1.54, 1.807) is 11.1 Å². The van der Waals surface area contributed by atoms with Crippen molar-refractivity contribution in [2.75, 3.05) is 7.05 Å². The summed E-state index contributed by atoms with van der Waals surface area (Å²) >= 11 is 0. The summed E-state index contributed by atoms with van der Waals surface area (Å²) in [5.74, 6) is 0.664. The molecule has 1 aliphatic carbocycles. The van der Waals surface area contributed by atoms with Gasteiger partial charge in [-0.3, -0.25) is 4.68 Å². The lowest BCUT2D eigenvalue weighted by atomic mass is 9.79. The SMILES string of the molecule is CNC(CC1CCCc2ccccc21)c1cnn(C)c1. The van der Waals surface area contributed by atoms with Gasteiger partial charge in [0.1, 0.15) is 0 Å². The molecule has 0 fully saturated rings. The molecule has 0 saturated carbocycles. The van der Waals surface area contributed by atoms with Crippen LogP contribution in [0.25, 0.3) is 0 Å². The van der Waals surface area contributed by atoms with Gasteiger partial charge in [0.05, 0.1) is 6.20 Å². The molecule has 0 radical (unpaired) electrons. The lowest BCUT2D eigenvalue weighted by Crippen LogP contribution is -2.21. The van der Waals surface area contributed by atoms with E-state index >= 15 is 0 Å². The van der Waals surface area contributed by atoms with Crippen LogP contribution in [0.5, 0.6) is 0 Å². The fourth-order valence-corrected chi connectivity index (χ4v) is 3.42. The van der Waals surface area contributed by atoms with Crippen LogP contribution in [-0.2, 0) is 13.5 Å². The molecule has 3 nitrogen and oxygen atoms in total. The first-order valence-corrected chi connectivity index (χ1v) is 7.51. The Bertz CT molecular complexity index is 573. The maximum atomic E-state index is 4.30. The number of fused-ring (bicyclic) bond motifs is 1. The van der Waals surface area contributed by atoms with Crippen molar-refractivity contribution < 1.29 is 0 Å². The van der Waals surface area contributed by atoms with E-state index in [4.69, 9.17) is 0 Å². The molecule has 106 valence electrons. The number of aryl methyl sites for hydroxylation is 2. The van der Waals surface area contributed by atoms with E-state index in [1.807, 2.05) is 25.0 Å². The third-order valence-electron chi connectivity index (χ3n) is 4.49. The molecule has 2 atom stereocenters. The molecule has 2 unspecified atom stereocenters. The van der Waals surface area contributed by atoms with E-state index in [0.717, 1.165) is 6.42 Å². The zero-order chi connectivity index (χ0) is 13.9. The number of nitrogens with one attached hydrogen (secondary N) is 1. The Balaban J connectivity index is 1.80. The van der Waals surface area contributed by atoms with E-state index in [9.17, 15) is 0 Å². The number of hydrogen-bond acceptors (Lipinski definition) is 2. The van der Waals surface area contributed by atoms with Gasteiger partial charge in [-0.05, 0) is 49.8 Å². The lowest BCUT2D eigenvalue weighted by Gasteiger charge is -2.28. The molecule has 1 aromatic heterocycles. The first-order chi connectivity index (χ1) is 9.78. The normalized spacial score (nSPS) is 19.6. The predicted octanol–water partition coefficient (Wildman–Crippen LogP) is 3.19. The summed E-state index contributed by atoms with van der Waals surface area (Å²) in [7, 11) is 4.03. The summed E-state index contributed by atoms with van der Waals surface area (Å²) in [6.07, 6.45) is 9.11. The zero-order valence-corrected chi connectivity index (χ0v) is 12.3. The zero-order valence-electron chi connectivity index (χ0n) is 12.3. The van der Waals surface area contributed by atoms with E-state index in [0.29, 0.717) is 12.0 Å². The molecular formula is C17H23N3. The summed E-state index contributed by atoms with van der Waals surface area (Å²) in [6.45, 7) is 0. The summed E-state index contributed by atoms with van der Waals surface area (Å²) in [5.41, 5.74) is 4.39. The van der Waals surface area contributed by atoms with Gasteiger partial charge in [0.25, 0.3) is 0 Å². The van der Waals surface area contributed by atoms with Crippen LogP contribution in [0, 0.1) is 0 Å².